The molecular weight excluding hydrogens is 307 g/mol. The van der Waals surface area contributed by atoms with Gasteiger partial charge in [-0.05, 0) is 18.2 Å². The molecule has 112 valence electrons. The Balaban J connectivity index is 1.89. The molecule has 0 amide bonds. The Morgan fingerprint density at radius 2 is 1.77 bits per heavy atom. The summed E-state index contributed by atoms with van der Waals surface area (Å²) in [5.41, 5.74) is 1.25. The maximum Gasteiger partial charge on any atom is 0.298 e. The number of sulfonamides is 1. The molecule has 1 N–H and O–H groups in total. The summed E-state index contributed by atoms with van der Waals surface area (Å²) >= 11 is 0. The maximum atomic E-state index is 13.1. The molecule has 0 unspecified atom stereocenters. The summed E-state index contributed by atoms with van der Waals surface area (Å²) in [6, 6.07) is 15.5. The third kappa shape index (κ3) is 2.99. The van der Waals surface area contributed by atoms with Crippen molar-refractivity contribution in [2.45, 2.75) is 5.09 Å². The van der Waals surface area contributed by atoms with Crippen LogP contribution < -0.4 is 4.72 Å². The molecular formula is C15H11FN2O3S. The van der Waals surface area contributed by atoms with Crippen molar-refractivity contribution in [2.75, 3.05) is 4.72 Å². The van der Waals surface area contributed by atoms with Crippen molar-refractivity contribution in [1.29, 1.82) is 0 Å². The van der Waals surface area contributed by atoms with E-state index < -0.39 is 15.8 Å². The van der Waals surface area contributed by atoms with Gasteiger partial charge in [-0.25, -0.2) is 4.39 Å². The number of benzene rings is 2. The van der Waals surface area contributed by atoms with Gasteiger partial charge in [-0.1, -0.05) is 41.6 Å². The van der Waals surface area contributed by atoms with E-state index in [0.29, 0.717) is 5.69 Å². The number of nitrogens with one attached hydrogen (secondary N) is 1. The van der Waals surface area contributed by atoms with Crippen LogP contribution in [0.15, 0.2) is 70.3 Å². The molecule has 0 saturated heterocycles. The van der Waals surface area contributed by atoms with E-state index >= 15 is 0 Å². The van der Waals surface area contributed by atoms with E-state index in [0.717, 1.165) is 11.6 Å². The third-order valence-electron chi connectivity index (χ3n) is 2.90. The largest absolute Gasteiger partial charge is 0.342 e. The lowest BCUT2D eigenvalue weighted by atomic mass is 10.2. The van der Waals surface area contributed by atoms with Crippen LogP contribution in [0.4, 0.5) is 10.1 Å². The zero-order valence-corrected chi connectivity index (χ0v) is 12.0. The highest BCUT2D eigenvalue weighted by atomic mass is 32.2. The Kier molecular flexibility index (Phi) is 3.64. The summed E-state index contributed by atoms with van der Waals surface area (Å²) in [6.07, 6.45) is 0. The first kappa shape index (κ1) is 14.3. The van der Waals surface area contributed by atoms with Crippen LogP contribution in [-0.2, 0) is 10.0 Å². The maximum absolute atomic E-state index is 13.1. The van der Waals surface area contributed by atoms with Gasteiger partial charge in [0.15, 0.2) is 0 Å². The Hall–Kier alpha value is -2.67. The molecule has 0 aliphatic rings. The minimum atomic E-state index is -3.96. The van der Waals surface area contributed by atoms with Gasteiger partial charge in [-0.3, -0.25) is 4.72 Å². The van der Waals surface area contributed by atoms with Crippen LogP contribution in [0.5, 0.6) is 0 Å². The first-order valence-electron chi connectivity index (χ1n) is 6.35. The predicted molar refractivity (Wildman–Crippen MR) is 79.1 cm³/mol. The van der Waals surface area contributed by atoms with Crippen LogP contribution >= 0.6 is 0 Å². The standard InChI is InChI=1S/C15H11FN2O3S/c16-12-7-4-8-13(9-12)18-22(19,20)15-10-14(17-21-15)11-5-2-1-3-6-11/h1-10,18H. The van der Waals surface area contributed by atoms with Crippen molar-refractivity contribution >= 4 is 15.7 Å². The summed E-state index contributed by atoms with van der Waals surface area (Å²) in [5.74, 6) is -0.539. The smallest absolute Gasteiger partial charge is 0.298 e. The van der Waals surface area contributed by atoms with Crippen LogP contribution in [0.1, 0.15) is 0 Å². The first-order valence-corrected chi connectivity index (χ1v) is 7.83. The molecule has 1 heterocycles. The Bertz CT molecular complexity index is 892. The molecule has 0 atom stereocenters. The molecule has 3 aromatic rings. The fourth-order valence-corrected chi connectivity index (χ4v) is 2.83. The lowest BCUT2D eigenvalue weighted by molar-refractivity contribution is 0.341. The molecule has 22 heavy (non-hydrogen) atoms. The van der Waals surface area contributed by atoms with E-state index in [9.17, 15) is 12.8 Å². The SMILES string of the molecule is O=S(=O)(Nc1cccc(F)c1)c1cc(-c2ccccc2)no1. The van der Waals surface area contributed by atoms with Gasteiger partial charge in [0.25, 0.3) is 15.1 Å². The van der Waals surface area contributed by atoms with Crippen LogP contribution in [0.2, 0.25) is 0 Å². The first-order chi connectivity index (χ1) is 10.5. The fraction of sp³-hybridized carbons (Fsp3) is 0. The summed E-state index contributed by atoms with van der Waals surface area (Å²) in [7, 11) is -3.96. The van der Waals surface area contributed by atoms with E-state index in [1.165, 1.54) is 24.3 Å². The minimum absolute atomic E-state index is 0.109. The van der Waals surface area contributed by atoms with E-state index in [4.69, 9.17) is 4.52 Å². The molecule has 7 heteroatoms. The number of rotatable bonds is 4. The van der Waals surface area contributed by atoms with Crippen LogP contribution in [0.3, 0.4) is 0 Å². The van der Waals surface area contributed by atoms with Crippen LogP contribution in [-0.4, -0.2) is 13.6 Å². The molecule has 2 aromatic carbocycles. The summed E-state index contributed by atoms with van der Waals surface area (Å²) in [5, 5.41) is 3.41. The number of anilines is 1. The van der Waals surface area contributed by atoms with Gasteiger partial charge in [-0.15, -0.1) is 0 Å². The highest BCUT2D eigenvalue weighted by molar-refractivity contribution is 7.92. The van der Waals surface area contributed by atoms with E-state index in [1.807, 2.05) is 18.2 Å². The molecule has 0 saturated carbocycles. The molecule has 3 rings (SSSR count). The zero-order chi connectivity index (χ0) is 15.6. The van der Waals surface area contributed by atoms with Gasteiger partial charge in [0.1, 0.15) is 11.5 Å². The minimum Gasteiger partial charge on any atom is -0.342 e. The van der Waals surface area contributed by atoms with E-state index in [2.05, 4.69) is 9.88 Å². The van der Waals surface area contributed by atoms with Crippen molar-refractivity contribution in [3.8, 4) is 11.3 Å². The fourth-order valence-electron chi connectivity index (χ4n) is 1.89. The molecule has 0 radical (unpaired) electrons. The summed E-state index contributed by atoms with van der Waals surface area (Å²) < 4.78 is 44.6. The normalized spacial score (nSPS) is 11.3. The van der Waals surface area contributed by atoms with Gasteiger partial charge in [0, 0.05) is 11.6 Å². The van der Waals surface area contributed by atoms with Crippen LogP contribution in [0.25, 0.3) is 11.3 Å². The molecule has 5 nitrogen and oxygen atoms in total. The Morgan fingerprint density at radius 3 is 2.50 bits per heavy atom. The average molecular weight is 318 g/mol. The lowest BCUT2D eigenvalue weighted by Crippen LogP contribution is -2.12. The molecule has 0 fully saturated rings. The second kappa shape index (κ2) is 5.61. The van der Waals surface area contributed by atoms with Crippen molar-refractivity contribution in [3.63, 3.8) is 0 Å². The second-order valence-corrected chi connectivity index (χ2v) is 6.13. The topological polar surface area (TPSA) is 72.2 Å². The lowest BCUT2D eigenvalue weighted by Gasteiger charge is -2.04. The number of hydrogen-bond donors (Lipinski definition) is 1. The van der Waals surface area contributed by atoms with Gasteiger partial charge >= 0.3 is 0 Å². The Labute approximate surface area is 126 Å². The highest BCUT2D eigenvalue weighted by Gasteiger charge is 2.21. The highest BCUT2D eigenvalue weighted by Crippen LogP contribution is 2.23. The van der Waals surface area contributed by atoms with Crippen molar-refractivity contribution in [2.24, 2.45) is 0 Å². The third-order valence-corrected chi connectivity index (χ3v) is 4.13. The molecule has 0 spiro atoms. The average Bonchev–Trinajstić information content (AvgIpc) is 2.98. The number of hydrogen-bond acceptors (Lipinski definition) is 4. The van der Waals surface area contributed by atoms with Gasteiger partial charge in [0.05, 0.1) is 5.69 Å². The molecule has 1 aromatic heterocycles. The van der Waals surface area contributed by atoms with Gasteiger partial charge in [-0.2, -0.15) is 8.42 Å². The number of aromatic nitrogens is 1. The Morgan fingerprint density at radius 1 is 1.00 bits per heavy atom. The van der Waals surface area contributed by atoms with E-state index in [1.54, 1.807) is 12.1 Å². The quantitative estimate of drug-likeness (QED) is 0.801. The predicted octanol–water partition coefficient (Wildman–Crippen LogP) is 3.28. The van der Waals surface area contributed by atoms with Crippen molar-refractivity contribution < 1.29 is 17.3 Å². The number of nitrogens with zero attached hydrogens (tertiary/aromatic N) is 1. The monoisotopic (exact) mass is 318 g/mol. The summed E-state index contributed by atoms with van der Waals surface area (Å²) in [4.78, 5) is 0. The van der Waals surface area contributed by atoms with E-state index in [-0.39, 0.29) is 10.8 Å². The zero-order valence-electron chi connectivity index (χ0n) is 11.2. The van der Waals surface area contributed by atoms with Crippen molar-refractivity contribution in [3.05, 3.63) is 66.5 Å². The van der Waals surface area contributed by atoms with Gasteiger partial charge < -0.3 is 4.52 Å². The van der Waals surface area contributed by atoms with Gasteiger partial charge in [0.2, 0.25) is 0 Å². The van der Waals surface area contributed by atoms with Crippen molar-refractivity contribution in [1.82, 2.24) is 5.16 Å². The molecule has 0 aliphatic carbocycles. The second-order valence-electron chi connectivity index (χ2n) is 4.51. The summed E-state index contributed by atoms with van der Waals surface area (Å²) in [6.45, 7) is 0. The number of halogens is 1. The molecule has 0 bridgehead atoms. The van der Waals surface area contributed by atoms with Crippen LogP contribution in [0, 0.1) is 5.82 Å². The molecule has 0 aliphatic heterocycles.